The topological polar surface area (TPSA) is 29.1 Å². The molecule has 0 bridgehead atoms. The first-order valence-corrected chi connectivity index (χ1v) is 4.68. The summed E-state index contributed by atoms with van der Waals surface area (Å²) in [6.07, 6.45) is 0.444. The first-order valence-electron chi connectivity index (χ1n) is 4.68. The Morgan fingerprint density at radius 1 is 1.57 bits per heavy atom. The lowest BCUT2D eigenvalue weighted by Gasteiger charge is -2.13. The summed E-state index contributed by atoms with van der Waals surface area (Å²) in [5, 5.41) is 2.77. The Labute approximate surface area is 83.1 Å². The minimum absolute atomic E-state index is 0.0261. The summed E-state index contributed by atoms with van der Waals surface area (Å²) in [5.41, 5.74) is 0.784. The lowest BCUT2D eigenvalue weighted by atomic mass is 10.1. The monoisotopic (exact) mass is 195 g/mol. The number of benzene rings is 1. The molecular formula is C11H14FNO. The van der Waals surface area contributed by atoms with Crippen LogP contribution in [-0.4, -0.2) is 5.91 Å². The summed E-state index contributed by atoms with van der Waals surface area (Å²) >= 11 is 0. The minimum atomic E-state index is -0.278. The third kappa shape index (κ3) is 2.83. The normalized spacial score (nSPS) is 12.2. The molecule has 1 atom stereocenters. The van der Waals surface area contributed by atoms with Gasteiger partial charge < -0.3 is 5.32 Å². The van der Waals surface area contributed by atoms with Gasteiger partial charge in [-0.3, -0.25) is 4.79 Å². The molecule has 1 aromatic rings. The molecule has 1 aromatic carbocycles. The van der Waals surface area contributed by atoms with Crippen LogP contribution >= 0.6 is 0 Å². The van der Waals surface area contributed by atoms with Gasteiger partial charge in [-0.05, 0) is 24.6 Å². The van der Waals surface area contributed by atoms with Crippen LogP contribution in [0, 0.1) is 5.82 Å². The van der Waals surface area contributed by atoms with E-state index in [4.69, 9.17) is 0 Å². The summed E-state index contributed by atoms with van der Waals surface area (Å²) in [6, 6.07) is 6.11. The van der Waals surface area contributed by atoms with E-state index in [-0.39, 0.29) is 17.8 Å². The molecule has 0 heterocycles. The molecule has 1 N–H and O–H groups in total. The number of amides is 1. The van der Waals surface area contributed by atoms with Crippen molar-refractivity contribution in [2.24, 2.45) is 0 Å². The molecule has 3 heteroatoms. The highest BCUT2D eigenvalue weighted by Gasteiger charge is 2.07. The molecule has 1 amide bonds. The maximum absolute atomic E-state index is 12.8. The van der Waals surface area contributed by atoms with Gasteiger partial charge in [0.1, 0.15) is 5.82 Å². The van der Waals surface area contributed by atoms with Gasteiger partial charge in [-0.15, -0.1) is 0 Å². The van der Waals surface area contributed by atoms with Crippen LogP contribution in [0.3, 0.4) is 0 Å². The van der Waals surface area contributed by atoms with Gasteiger partial charge in [0.2, 0.25) is 5.91 Å². The Hall–Kier alpha value is -1.38. The zero-order valence-corrected chi connectivity index (χ0v) is 8.38. The van der Waals surface area contributed by atoms with Crippen LogP contribution in [0.5, 0.6) is 0 Å². The fourth-order valence-electron chi connectivity index (χ4n) is 1.20. The van der Waals surface area contributed by atoms with Crippen LogP contribution in [-0.2, 0) is 4.79 Å². The largest absolute Gasteiger partial charge is 0.350 e. The van der Waals surface area contributed by atoms with E-state index < -0.39 is 0 Å². The number of nitrogens with one attached hydrogen (secondary N) is 1. The van der Waals surface area contributed by atoms with Gasteiger partial charge >= 0.3 is 0 Å². The Balaban J connectivity index is 2.69. The number of carbonyl (C=O) groups excluding carboxylic acids is 1. The summed E-state index contributed by atoms with van der Waals surface area (Å²) in [6.45, 7) is 3.62. The zero-order chi connectivity index (χ0) is 10.6. The van der Waals surface area contributed by atoms with E-state index in [1.165, 1.54) is 12.1 Å². The van der Waals surface area contributed by atoms with Gasteiger partial charge in [0.25, 0.3) is 0 Å². The van der Waals surface area contributed by atoms with E-state index >= 15 is 0 Å². The molecule has 0 saturated carbocycles. The number of rotatable bonds is 3. The Morgan fingerprint density at radius 3 is 2.86 bits per heavy atom. The van der Waals surface area contributed by atoms with Crippen molar-refractivity contribution < 1.29 is 9.18 Å². The number of hydrogen-bond acceptors (Lipinski definition) is 1. The molecule has 0 unspecified atom stereocenters. The van der Waals surface area contributed by atoms with Gasteiger partial charge in [-0.2, -0.15) is 0 Å². The van der Waals surface area contributed by atoms with Crippen LogP contribution in [0.1, 0.15) is 31.9 Å². The molecule has 0 aromatic heterocycles. The first-order chi connectivity index (χ1) is 6.63. The van der Waals surface area contributed by atoms with Gasteiger partial charge in [0.15, 0.2) is 0 Å². The summed E-state index contributed by atoms with van der Waals surface area (Å²) in [4.78, 5) is 11.1. The SMILES string of the molecule is CCC(=O)N[C@@H](C)c1cccc(F)c1. The van der Waals surface area contributed by atoms with Crippen LogP contribution in [0.2, 0.25) is 0 Å². The molecule has 0 aliphatic carbocycles. The van der Waals surface area contributed by atoms with Crippen molar-refractivity contribution in [3.05, 3.63) is 35.6 Å². The van der Waals surface area contributed by atoms with Crippen LogP contribution < -0.4 is 5.32 Å². The van der Waals surface area contributed by atoms with E-state index in [1.807, 2.05) is 6.92 Å². The fourth-order valence-corrected chi connectivity index (χ4v) is 1.20. The highest BCUT2D eigenvalue weighted by molar-refractivity contribution is 5.75. The van der Waals surface area contributed by atoms with Gasteiger partial charge in [-0.1, -0.05) is 19.1 Å². The molecule has 2 nitrogen and oxygen atoms in total. The zero-order valence-electron chi connectivity index (χ0n) is 8.38. The number of hydrogen-bond donors (Lipinski definition) is 1. The fraction of sp³-hybridized carbons (Fsp3) is 0.364. The average Bonchev–Trinajstić information content (AvgIpc) is 2.17. The minimum Gasteiger partial charge on any atom is -0.350 e. The average molecular weight is 195 g/mol. The van der Waals surface area contributed by atoms with Crippen LogP contribution in [0.25, 0.3) is 0 Å². The van der Waals surface area contributed by atoms with Crippen LogP contribution in [0.15, 0.2) is 24.3 Å². The second kappa shape index (κ2) is 4.74. The van der Waals surface area contributed by atoms with Crippen molar-refractivity contribution in [3.63, 3.8) is 0 Å². The Kier molecular flexibility index (Phi) is 3.63. The summed E-state index contributed by atoms with van der Waals surface area (Å²) in [5.74, 6) is -0.304. The molecule has 1 rings (SSSR count). The predicted octanol–water partition coefficient (Wildman–Crippen LogP) is 2.41. The maximum Gasteiger partial charge on any atom is 0.220 e. The van der Waals surface area contributed by atoms with E-state index in [9.17, 15) is 9.18 Å². The lowest BCUT2D eigenvalue weighted by Crippen LogP contribution is -2.25. The smallest absolute Gasteiger partial charge is 0.220 e. The van der Waals surface area contributed by atoms with Crippen molar-refractivity contribution in [2.45, 2.75) is 26.3 Å². The van der Waals surface area contributed by atoms with E-state index in [2.05, 4.69) is 5.32 Å². The van der Waals surface area contributed by atoms with Crippen molar-refractivity contribution in [3.8, 4) is 0 Å². The predicted molar refractivity (Wildman–Crippen MR) is 53.2 cm³/mol. The second-order valence-electron chi connectivity index (χ2n) is 3.20. The Morgan fingerprint density at radius 2 is 2.29 bits per heavy atom. The van der Waals surface area contributed by atoms with Crippen molar-refractivity contribution in [2.75, 3.05) is 0 Å². The quantitative estimate of drug-likeness (QED) is 0.788. The maximum atomic E-state index is 12.8. The molecule has 76 valence electrons. The molecule has 0 radical (unpaired) electrons. The van der Waals surface area contributed by atoms with E-state index in [0.717, 1.165) is 5.56 Å². The van der Waals surface area contributed by atoms with Gasteiger partial charge in [0, 0.05) is 6.42 Å². The third-order valence-electron chi connectivity index (χ3n) is 2.05. The standard InChI is InChI=1S/C11H14FNO/c1-3-11(14)13-8(2)9-5-4-6-10(12)7-9/h4-8H,3H2,1-2H3,(H,13,14)/t8-/m0/s1. The number of carbonyl (C=O) groups is 1. The van der Waals surface area contributed by atoms with Gasteiger partial charge in [-0.25, -0.2) is 4.39 Å². The summed E-state index contributed by atoms with van der Waals surface area (Å²) in [7, 11) is 0. The molecule has 0 aliphatic heterocycles. The molecule has 0 spiro atoms. The van der Waals surface area contributed by atoms with Crippen molar-refractivity contribution >= 4 is 5.91 Å². The highest BCUT2D eigenvalue weighted by atomic mass is 19.1. The second-order valence-corrected chi connectivity index (χ2v) is 3.20. The molecular weight excluding hydrogens is 181 g/mol. The van der Waals surface area contributed by atoms with Crippen LogP contribution in [0.4, 0.5) is 4.39 Å². The van der Waals surface area contributed by atoms with Crippen molar-refractivity contribution in [1.82, 2.24) is 5.32 Å². The Bertz CT molecular complexity index is 325. The molecule has 0 fully saturated rings. The molecule has 0 saturated heterocycles. The van der Waals surface area contributed by atoms with E-state index in [1.54, 1.807) is 19.1 Å². The van der Waals surface area contributed by atoms with E-state index in [0.29, 0.717) is 6.42 Å². The third-order valence-corrected chi connectivity index (χ3v) is 2.05. The van der Waals surface area contributed by atoms with Gasteiger partial charge in [0.05, 0.1) is 6.04 Å². The summed E-state index contributed by atoms with van der Waals surface area (Å²) < 4.78 is 12.8. The first kappa shape index (κ1) is 10.7. The van der Waals surface area contributed by atoms with Crippen molar-refractivity contribution in [1.29, 1.82) is 0 Å². The lowest BCUT2D eigenvalue weighted by molar-refractivity contribution is -0.121. The molecule has 14 heavy (non-hydrogen) atoms. The highest BCUT2D eigenvalue weighted by Crippen LogP contribution is 2.13. The number of halogens is 1. The molecule has 0 aliphatic rings.